The average Bonchev–Trinajstić information content (AvgIpc) is 3.18. The maximum absolute atomic E-state index is 13.6. The minimum atomic E-state index is -0.987. The van der Waals surface area contributed by atoms with Gasteiger partial charge < -0.3 is 19.7 Å². The van der Waals surface area contributed by atoms with Crippen molar-refractivity contribution in [3.8, 4) is 11.5 Å². The number of carbonyl (C=O) groups is 3. The third kappa shape index (κ3) is 5.57. The maximum Gasteiger partial charge on any atom is 0.310 e. The molecule has 8 nitrogen and oxygen atoms in total. The van der Waals surface area contributed by atoms with Crippen LogP contribution >= 0.6 is 0 Å². The average molecular weight is 544 g/mol. The molecule has 0 aromatic heterocycles. The molecule has 1 aliphatic rings. The molecule has 1 fully saturated rings. The maximum atomic E-state index is 13.6. The minimum Gasteiger partial charge on any atom is -0.508 e. The second-order valence-electron chi connectivity index (χ2n) is 10.6. The number of nitrogens with zero attached hydrogens (tertiary/aromatic N) is 1. The molecule has 40 heavy (non-hydrogen) atoms. The topological polar surface area (TPSA) is 113 Å². The van der Waals surface area contributed by atoms with Gasteiger partial charge in [0.05, 0.1) is 37.3 Å². The van der Waals surface area contributed by atoms with Crippen molar-refractivity contribution in [1.82, 2.24) is 0 Å². The predicted molar refractivity (Wildman–Crippen MR) is 151 cm³/mol. The Kier molecular flexibility index (Phi) is 8.00. The van der Waals surface area contributed by atoms with Crippen molar-refractivity contribution in [2.24, 2.45) is 0 Å². The van der Waals surface area contributed by atoms with Gasteiger partial charge >= 0.3 is 5.97 Å². The third-order valence-corrected chi connectivity index (χ3v) is 6.84. The van der Waals surface area contributed by atoms with Gasteiger partial charge in [-0.25, -0.2) is 0 Å². The van der Waals surface area contributed by atoms with E-state index in [0.717, 1.165) is 5.56 Å². The van der Waals surface area contributed by atoms with Crippen LogP contribution in [0.5, 0.6) is 11.5 Å². The van der Waals surface area contributed by atoms with Crippen LogP contribution in [0.3, 0.4) is 0 Å². The van der Waals surface area contributed by atoms with Crippen molar-refractivity contribution >= 4 is 29.1 Å². The molecule has 4 rings (SSSR count). The molecule has 1 heterocycles. The third-order valence-electron chi connectivity index (χ3n) is 6.84. The number of ether oxygens (including phenoxy) is 2. The molecule has 1 aliphatic heterocycles. The van der Waals surface area contributed by atoms with Gasteiger partial charge in [0.25, 0.3) is 11.7 Å². The number of hydrogen-bond acceptors (Lipinski definition) is 7. The highest BCUT2D eigenvalue weighted by Gasteiger charge is 2.47. The summed E-state index contributed by atoms with van der Waals surface area (Å²) in [4.78, 5) is 40.3. The van der Waals surface area contributed by atoms with Crippen LogP contribution in [0.1, 0.15) is 56.0 Å². The van der Waals surface area contributed by atoms with Crippen LogP contribution in [-0.2, 0) is 31.0 Å². The van der Waals surface area contributed by atoms with E-state index in [1.165, 1.54) is 24.1 Å². The lowest BCUT2D eigenvalue weighted by Gasteiger charge is -2.26. The lowest BCUT2D eigenvalue weighted by Crippen LogP contribution is -2.29. The monoisotopic (exact) mass is 543 g/mol. The Bertz CT molecular complexity index is 1460. The van der Waals surface area contributed by atoms with Gasteiger partial charge in [0.1, 0.15) is 17.3 Å². The zero-order chi connectivity index (χ0) is 29.2. The van der Waals surface area contributed by atoms with Gasteiger partial charge in [-0.3, -0.25) is 19.3 Å². The number of aromatic hydroxyl groups is 1. The summed E-state index contributed by atoms with van der Waals surface area (Å²) in [6, 6.07) is 17.2. The molecule has 1 amide bonds. The lowest BCUT2D eigenvalue weighted by molar-refractivity contribution is -0.142. The number of phenolic OH excluding ortho intramolecular Hbond substituents is 1. The normalized spacial score (nSPS) is 16.7. The molecule has 0 bridgehead atoms. The first-order valence-electron chi connectivity index (χ1n) is 13.0. The fourth-order valence-electron chi connectivity index (χ4n) is 4.73. The Morgan fingerprint density at radius 1 is 0.975 bits per heavy atom. The fourth-order valence-corrected chi connectivity index (χ4v) is 4.73. The molecular formula is C32H33NO7. The Morgan fingerprint density at radius 3 is 2.20 bits per heavy atom. The lowest BCUT2D eigenvalue weighted by atomic mass is 9.85. The first kappa shape index (κ1) is 28.4. The number of Topliss-reactive ketones (excluding diaryl/α,β-unsaturated/α-hetero) is 1. The molecule has 3 aromatic carbocycles. The van der Waals surface area contributed by atoms with Crippen LogP contribution in [0.2, 0.25) is 0 Å². The number of rotatable bonds is 7. The molecule has 1 atom stereocenters. The van der Waals surface area contributed by atoms with Gasteiger partial charge in [0.15, 0.2) is 0 Å². The van der Waals surface area contributed by atoms with Crippen LogP contribution in [0, 0.1) is 0 Å². The smallest absolute Gasteiger partial charge is 0.310 e. The summed E-state index contributed by atoms with van der Waals surface area (Å²) >= 11 is 0. The Labute approximate surface area is 233 Å². The Balaban J connectivity index is 1.88. The van der Waals surface area contributed by atoms with E-state index in [-0.39, 0.29) is 41.5 Å². The standard InChI is InChI=1S/C32H33NO7/c1-6-40-26(35)17-19-7-12-22(13-8-19)33-28(20-9-14-23(34)15-10-20)27(30(37)31(33)38)29(36)24-18-21(32(2,3)4)11-16-25(24)39-5/h7-16,18,28,34,36H,6,17H2,1-5H3/b29-27+. The quantitative estimate of drug-likeness (QED) is 0.177. The van der Waals surface area contributed by atoms with Crippen LogP contribution in [-0.4, -0.2) is 41.6 Å². The summed E-state index contributed by atoms with van der Waals surface area (Å²) in [5.74, 6) is -2.03. The van der Waals surface area contributed by atoms with E-state index < -0.39 is 17.7 Å². The van der Waals surface area contributed by atoms with E-state index in [0.29, 0.717) is 28.1 Å². The van der Waals surface area contributed by atoms with Gasteiger partial charge in [0, 0.05) is 5.69 Å². The molecule has 8 heteroatoms. The second-order valence-corrected chi connectivity index (χ2v) is 10.6. The molecule has 1 unspecified atom stereocenters. The van der Waals surface area contributed by atoms with Crippen molar-refractivity contribution in [2.75, 3.05) is 18.6 Å². The number of phenols is 1. The summed E-state index contributed by atoms with van der Waals surface area (Å²) in [6.45, 7) is 8.09. The van der Waals surface area contributed by atoms with Gasteiger partial charge in [-0.2, -0.15) is 0 Å². The van der Waals surface area contributed by atoms with Gasteiger partial charge in [-0.05, 0) is 65.4 Å². The Hall–Kier alpha value is -4.59. The van der Waals surface area contributed by atoms with Gasteiger partial charge in [-0.15, -0.1) is 0 Å². The number of aliphatic hydroxyl groups is 1. The Morgan fingerprint density at radius 2 is 1.62 bits per heavy atom. The highest BCUT2D eigenvalue weighted by atomic mass is 16.5. The zero-order valence-corrected chi connectivity index (χ0v) is 23.2. The van der Waals surface area contributed by atoms with Crippen molar-refractivity contribution < 1.29 is 34.1 Å². The largest absolute Gasteiger partial charge is 0.508 e. The predicted octanol–water partition coefficient (Wildman–Crippen LogP) is 5.43. The molecule has 3 aromatic rings. The van der Waals surface area contributed by atoms with E-state index in [4.69, 9.17) is 9.47 Å². The van der Waals surface area contributed by atoms with Crippen LogP contribution < -0.4 is 9.64 Å². The molecule has 0 spiro atoms. The van der Waals surface area contributed by atoms with Crippen molar-refractivity contribution in [3.63, 3.8) is 0 Å². The van der Waals surface area contributed by atoms with E-state index >= 15 is 0 Å². The molecule has 0 saturated carbocycles. The summed E-state index contributed by atoms with van der Waals surface area (Å²) in [6.07, 6.45) is 0.0677. The number of methoxy groups -OCH3 is 1. The highest BCUT2D eigenvalue weighted by Crippen LogP contribution is 2.44. The number of esters is 1. The first-order chi connectivity index (χ1) is 19.0. The molecule has 0 radical (unpaired) electrons. The van der Waals surface area contributed by atoms with Gasteiger partial charge in [0.2, 0.25) is 0 Å². The van der Waals surface area contributed by atoms with Crippen LogP contribution in [0.15, 0.2) is 72.3 Å². The van der Waals surface area contributed by atoms with E-state index in [2.05, 4.69) is 0 Å². The number of anilines is 1. The molecule has 0 aliphatic carbocycles. The van der Waals surface area contributed by atoms with Crippen molar-refractivity contribution in [1.29, 1.82) is 0 Å². The SMILES string of the molecule is CCOC(=O)Cc1ccc(N2C(=O)C(=O)/C(=C(/O)c3cc(C(C)(C)C)ccc3OC)C2c2ccc(O)cc2)cc1. The summed E-state index contributed by atoms with van der Waals surface area (Å²) in [7, 11) is 1.47. The highest BCUT2D eigenvalue weighted by molar-refractivity contribution is 6.51. The first-order valence-corrected chi connectivity index (χ1v) is 13.0. The zero-order valence-electron chi connectivity index (χ0n) is 23.2. The summed E-state index contributed by atoms with van der Waals surface area (Å²) < 4.78 is 10.5. The summed E-state index contributed by atoms with van der Waals surface area (Å²) in [5, 5.41) is 21.5. The van der Waals surface area contributed by atoms with E-state index in [1.807, 2.05) is 26.8 Å². The number of aliphatic hydroxyl groups excluding tert-OH is 1. The molecule has 208 valence electrons. The van der Waals surface area contributed by atoms with Crippen LogP contribution in [0.25, 0.3) is 5.76 Å². The second kappa shape index (κ2) is 11.3. The summed E-state index contributed by atoms with van der Waals surface area (Å²) in [5.41, 5.74) is 2.44. The number of hydrogen-bond donors (Lipinski definition) is 2. The van der Waals surface area contributed by atoms with Crippen LogP contribution in [0.4, 0.5) is 5.69 Å². The molecule has 2 N–H and O–H groups in total. The van der Waals surface area contributed by atoms with Gasteiger partial charge in [-0.1, -0.05) is 51.1 Å². The van der Waals surface area contributed by atoms with Crippen molar-refractivity contribution in [2.45, 2.75) is 45.6 Å². The minimum absolute atomic E-state index is 0.0172. The number of benzene rings is 3. The van der Waals surface area contributed by atoms with E-state index in [1.54, 1.807) is 55.5 Å². The fraction of sp³-hybridized carbons (Fsp3) is 0.281. The number of ketones is 1. The number of amides is 1. The molecular weight excluding hydrogens is 510 g/mol. The van der Waals surface area contributed by atoms with E-state index in [9.17, 15) is 24.6 Å². The van der Waals surface area contributed by atoms with Crippen molar-refractivity contribution in [3.05, 3.63) is 94.6 Å². The number of carbonyl (C=O) groups excluding carboxylic acids is 3. The molecule has 1 saturated heterocycles.